The Bertz CT molecular complexity index is 413. The quantitative estimate of drug-likeness (QED) is 0.867. The molecule has 0 spiro atoms. The molecule has 0 saturated carbocycles. The van der Waals surface area contributed by atoms with Crippen molar-refractivity contribution in [2.24, 2.45) is 5.73 Å². The third-order valence-corrected chi connectivity index (χ3v) is 4.43. The van der Waals surface area contributed by atoms with E-state index in [1.807, 2.05) is 6.07 Å². The van der Waals surface area contributed by atoms with Crippen LogP contribution < -0.4 is 10.5 Å². The molecular weight excluding hydrogens is 248 g/mol. The molecule has 1 aromatic carbocycles. The summed E-state index contributed by atoms with van der Waals surface area (Å²) in [5.41, 5.74) is 7.62. The lowest BCUT2D eigenvalue weighted by Crippen LogP contribution is -2.54. The highest BCUT2D eigenvalue weighted by Crippen LogP contribution is 2.32. The molecule has 0 aliphatic carbocycles. The maximum Gasteiger partial charge on any atom is 0.123 e. The predicted octanol–water partition coefficient (Wildman–Crippen LogP) is 3.18. The van der Waals surface area contributed by atoms with Crippen LogP contribution in [0.5, 0.6) is 5.75 Å². The van der Waals surface area contributed by atoms with E-state index in [0.717, 1.165) is 32.0 Å². The Kier molecular flexibility index (Phi) is 5.44. The average Bonchev–Trinajstić information content (AvgIpc) is 2.69. The minimum Gasteiger partial charge on any atom is -0.492 e. The molecule has 1 aromatic rings. The highest BCUT2D eigenvalue weighted by Gasteiger charge is 2.35. The molecule has 0 fully saturated rings. The number of fused-ring (bicyclic) bond motifs is 1. The first-order chi connectivity index (χ1) is 9.75. The van der Waals surface area contributed by atoms with Gasteiger partial charge in [0, 0.05) is 30.7 Å². The van der Waals surface area contributed by atoms with E-state index in [4.69, 9.17) is 10.5 Å². The summed E-state index contributed by atoms with van der Waals surface area (Å²) in [4.78, 5) is 2.56. The molecule has 2 N–H and O–H groups in total. The average molecular weight is 276 g/mol. The molecular formula is C17H28N2O. The van der Waals surface area contributed by atoms with Crippen molar-refractivity contribution in [3.63, 3.8) is 0 Å². The number of ether oxygens (including phenoxy) is 1. The molecule has 3 nitrogen and oxygen atoms in total. The van der Waals surface area contributed by atoms with Gasteiger partial charge in [0.15, 0.2) is 0 Å². The van der Waals surface area contributed by atoms with Crippen LogP contribution in [0, 0.1) is 0 Å². The Hall–Kier alpha value is -1.06. The maximum atomic E-state index is 6.20. The predicted molar refractivity (Wildman–Crippen MR) is 83.9 cm³/mol. The number of benzene rings is 1. The van der Waals surface area contributed by atoms with Crippen molar-refractivity contribution < 1.29 is 4.74 Å². The van der Waals surface area contributed by atoms with Crippen molar-refractivity contribution in [3.8, 4) is 5.75 Å². The molecule has 20 heavy (non-hydrogen) atoms. The number of nitrogens with zero attached hydrogens (tertiary/aromatic N) is 1. The van der Waals surface area contributed by atoms with Crippen molar-refractivity contribution in [1.29, 1.82) is 0 Å². The van der Waals surface area contributed by atoms with Gasteiger partial charge in [0.1, 0.15) is 12.4 Å². The van der Waals surface area contributed by atoms with E-state index in [1.165, 1.54) is 31.2 Å². The molecule has 0 atom stereocenters. The zero-order valence-corrected chi connectivity index (χ0v) is 12.9. The number of para-hydroxylation sites is 1. The van der Waals surface area contributed by atoms with Crippen LogP contribution in [-0.4, -0.2) is 30.1 Å². The molecule has 0 amide bonds. The van der Waals surface area contributed by atoms with Gasteiger partial charge in [-0.05, 0) is 18.9 Å². The fourth-order valence-electron chi connectivity index (χ4n) is 3.44. The van der Waals surface area contributed by atoms with Gasteiger partial charge in [-0.3, -0.25) is 4.90 Å². The molecule has 0 saturated heterocycles. The van der Waals surface area contributed by atoms with Crippen LogP contribution in [0.25, 0.3) is 0 Å². The van der Waals surface area contributed by atoms with E-state index in [1.54, 1.807) is 0 Å². The lowest BCUT2D eigenvalue weighted by molar-refractivity contribution is 0.0609. The van der Waals surface area contributed by atoms with Crippen LogP contribution in [0.4, 0.5) is 0 Å². The van der Waals surface area contributed by atoms with Gasteiger partial charge in [-0.15, -0.1) is 0 Å². The topological polar surface area (TPSA) is 38.5 Å². The van der Waals surface area contributed by atoms with E-state index >= 15 is 0 Å². The summed E-state index contributed by atoms with van der Waals surface area (Å²) in [7, 11) is 0. The van der Waals surface area contributed by atoms with Gasteiger partial charge in [-0.1, -0.05) is 44.9 Å². The van der Waals surface area contributed by atoms with E-state index < -0.39 is 0 Å². The van der Waals surface area contributed by atoms with Gasteiger partial charge < -0.3 is 10.5 Å². The van der Waals surface area contributed by atoms with E-state index in [-0.39, 0.29) is 5.54 Å². The SMILES string of the molecule is CCCC(CN)(CCC)N1CCOc2ccccc2C1. The largest absolute Gasteiger partial charge is 0.492 e. The van der Waals surface area contributed by atoms with Crippen LogP contribution in [-0.2, 0) is 6.54 Å². The molecule has 2 rings (SSSR count). The first kappa shape index (κ1) is 15.3. The second kappa shape index (κ2) is 7.09. The summed E-state index contributed by atoms with van der Waals surface area (Å²) in [5.74, 6) is 1.04. The summed E-state index contributed by atoms with van der Waals surface area (Å²) in [5, 5.41) is 0. The van der Waals surface area contributed by atoms with Crippen LogP contribution in [0.15, 0.2) is 24.3 Å². The number of hydrogen-bond donors (Lipinski definition) is 1. The lowest BCUT2D eigenvalue weighted by Gasteiger charge is -2.43. The first-order valence-corrected chi connectivity index (χ1v) is 7.91. The zero-order valence-electron chi connectivity index (χ0n) is 12.9. The fourth-order valence-corrected chi connectivity index (χ4v) is 3.44. The lowest BCUT2D eigenvalue weighted by atomic mass is 9.86. The first-order valence-electron chi connectivity index (χ1n) is 7.91. The molecule has 1 heterocycles. The van der Waals surface area contributed by atoms with Gasteiger partial charge in [0.05, 0.1) is 0 Å². The summed E-state index contributed by atoms with van der Waals surface area (Å²) in [6, 6.07) is 8.38. The van der Waals surface area contributed by atoms with Gasteiger partial charge in [-0.25, -0.2) is 0 Å². The Balaban J connectivity index is 2.25. The molecule has 1 aliphatic rings. The van der Waals surface area contributed by atoms with Gasteiger partial charge in [-0.2, -0.15) is 0 Å². The normalized spacial score (nSPS) is 16.4. The smallest absolute Gasteiger partial charge is 0.123 e. The second-order valence-corrected chi connectivity index (χ2v) is 5.81. The number of rotatable bonds is 6. The summed E-state index contributed by atoms with van der Waals surface area (Å²) < 4.78 is 5.89. The van der Waals surface area contributed by atoms with Crippen LogP contribution in [0.3, 0.4) is 0 Å². The van der Waals surface area contributed by atoms with Gasteiger partial charge in [0.25, 0.3) is 0 Å². The molecule has 1 aliphatic heterocycles. The van der Waals surface area contributed by atoms with Gasteiger partial charge in [0.2, 0.25) is 0 Å². The number of nitrogens with two attached hydrogens (primary N) is 1. The monoisotopic (exact) mass is 276 g/mol. The molecule has 112 valence electrons. The number of hydrogen-bond acceptors (Lipinski definition) is 3. The third-order valence-electron chi connectivity index (χ3n) is 4.43. The standard InChI is InChI=1S/C17H28N2O/c1-3-9-17(14-18,10-4-2)19-11-12-20-16-8-6-5-7-15(16)13-19/h5-8H,3-4,9-14,18H2,1-2H3. The molecule has 3 heteroatoms. The summed E-state index contributed by atoms with van der Waals surface area (Å²) in [6.07, 6.45) is 4.69. The maximum absolute atomic E-state index is 6.20. The van der Waals surface area contributed by atoms with Crippen LogP contribution in [0.2, 0.25) is 0 Å². The van der Waals surface area contributed by atoms with Crippen molar-refractivity contribution in [3.05, 3.63) is 29.8 Å². The minimum atomic E-state index is 0.129. The Labute approximate surface area is 123 Å². The van der Waals surface area contributed by atoms with Crippen LogP contribution >= 0.6 is 0 Å². The third kappa shape index (κ3) is 3.15. The Morgan fingerprint density at radius 1 is 1.20 bits per heavy atom. The van der Waals surface area contributed by atoms with Gasteiger partial charge >= 0.3 is 0 Å². The van der Waals surface area contributed by atoms with E-state index in [0.29, 0.717) is 0 Å². The second-order valence-electron chi connectivity index (χ2n) is 5.81. The van der Waals surface area contributed by atoms with Crippen LogP contribution in [0.1, 0.15) is 45.1 Å². The molecule has 0 bridgehead atoms. The summed E-state index contributed by atoms with van der Waals surface area (Å²) in [6.45, 7) is 7.91. The highest BCUT2D eigenvalue weighted by atomic mass is 16.5. The molecule has 0 radical (unpaired) electrons. The highest BCUT2D eigenvalue weighted by molar-refractivity contribution is 5.34. The van der Waals surface area contributed by atoms with E-state index in [9.17, 15) is 0 Å². The Morgan fingerprint density at radius 2 is 1.90 bits per heavy atom. The minimum absolute atomic E-state index is 0.129. The Morgan fingerprint density at radius 3 is 2.55 bits per heavy atom. The molecule has 0 aromatic heterocycles. The molecule has 0 unspecified atom stereocenters. The van der Waals surface area contributed by atoms with Crippen molar-refractivity contribution >= 4 is 0 Å². The fraction of sp³-hybridized carbons (Fsp3) is 0.647. The van der Waals surface area contributed by atoms with Crippen molar-refractivity contribution in [1.82, 2.24) is 4.90 Å². The van der Waals surface area contributed by atoms with Crippen molar-refractivity contribution in [2.75, 3.05) is 19.7 Å². The van der Waals surface area contributed by atoms with Crippen molar-refractivity contribution in [2.45, 2.75) is 51.6 Å². The summed E-state index contributed by atoms with van der Waals surface area (Å²) >= 11 is 0. The van der Waals surface area contributed by atoms with E-state index in [2.05, 4.69) is 36.9 Å². The zero-order chi connectivity index (χ0) is 14.4.